The molecule has 7 nitrogen and oxygen atoms in total. The molecule has 1 heterocycles. The zero-order chi connectivity index (χ0) is 23.8. The lowest BCUT2D eigenvalue weighted by Crippen LogP contribution is -2.35. The first-order chi connectivity index (χ1) is 15.7. The van der Waals surface area contributed by atoms with Crippen molar-refractivity contribution in [3.8, 4) is 5.75 Å². The van der Waals surface area contributed by atoms with Crippen molar-refractivity contribution in [1.82, 2.24) is 14.9 Å². The molecule has 0 unspecified atom stereocenters. The highest BCUT2D eigenvalue weighted by molar-refractivity contribution is 6.39. The van der Waals surface area contributed by atoms with Crippen molar-refractivity contribution in [2.24, 2.45) is 7.05 Å². The molecule has 1 aromatic heterocycles. The van der Waals surface area contributed by atoms with Crippen LogP contribution in [0, 0.1) is 0 Å². The number of ether oxygens (including phenoxy) is 1. The first-order valence-corrected chi connectivity index (χ1v) is 9.86. The van der Waals surface area contributed by atoms with E-state index in [0.29, 0.717) is 11.3 Å². The number of fused-ring (bicyclic) bond motifs is 2. The summed E-state index contributed by atoms with van der Waals surface area (Å²) in [5, 5.41) is 6.77. The Morgan fingerprint density at radius 2 is 1.82 bits per heavy atom. The van der Waals surface area contributed by atoms with Gasteiger partial charge < -0.3 is 19.9 Å². The molecule has 170 valence electrons. The molecule has 33 heavy (non-hydrogen) atoms. The maximum Gasteiger partial charge on any atom is 0.449 e. The first kappa shape index (κ1) is 22.1. The lowest BCUT2D eigenvalue weighted by atomic mass is 10.0. The number of benzene rings is 3. The second kappa shape index (κ2) is 8.45. The maximum atomic E-state index is 13.1. The Bertz CT molecular complexity index is 1380. The minimum Gasteiger partial charge on any atom is -0.496 e. The molecule has 0 bridgehead atoms. The van der Waals surface area contributed by atoms with Crippen LogP contribution in [-0.4, -0.2) is 28.5 Å². The molecule has 2 N–H and O–H groups in total. The number of anilines is 1. The SMILES string of the molecule is COc1ccc2ccccc2c1CNC(=O)C(=O)Nc1ccc2c(c1)nc(C(F)(F)F)n2C. The predicted molar refractivity (Wildman–Crippen MR) is 117 cm³/mol. The van der Waals surface area contributed by atoms with E-state index in [1.165, 1.54) is 32.4 Å². The van der Waals surface area contributed by atoms with Crippen LogP contribution in [-0.2, 0) is 29.4 Å². The molecule has 4 aromatic rings. The largest absolute Gasteiger partial charge is 0.496 e. The van der Waals surface area contributed by atoms with Gasteiger partial charge in [0, 0.05) is 24.8 Å². The topological polar surface area (TPSA) is 85.2 Å². The summed E-state index contributed by atoms with van der Waals surface area (Å²) < 4.78 is 45.5. The van der Waals surface area contributed by atoms with Crippen LogP contribution in [0.3, 0.4) is 0 Å². The van der Waals surface area contributed by atoms with Crippen molar-refractivity contribution in [3.05, 3.63) is 66.0 Å². The summed E-state index contributed by atoms with van der Waals surface area (Å²) in [5.41, 5.74) is 1.15. The molecule has 3 aromatic carbocycles. The Balaban J connectivity index is 1.49. The normalized spacial score (nSPS) is 11.5. The average molecular weight is 456 g/mol. The fraction of sp³-hybridized carbons (Fsp3) is 0.174. The maximum absolute atomic E-state index is 13.1. The number of nitrogens with one attached hydrogen (secondary N) is 2. The van der Waals surface area contributed by atoms with Crippen molar-refractivity contribution < 1.29 is 27.5 Å². The van der Waals surface area contributed by atoms with Crippen molar-refractivity contribution in [2.45, 2.75) is 12.7 Å². The number of imidazole rings is 1. The van der Waals surface area contributed by atoms with Crippen LogP contribution in [0.25, 0.3) is 21.8 Å². The fourth-order valence-corrected chi connectivity index (χ4v) is 3.66. The molecule has 0 saturated heterocycles. The number of carbonyl (C=O) groups excluding carboxylic acids is 2. The number of carbonyl (C=O) groups is 2. The molecular weight excluding hydrogens is 437 g/mol. The van der Waals surface area contributed by atoms with Gasteiger partial charge >= 0.3 is 18.0 Å². The molecule has 0 spiro atoms. The lowest BCUT2D eigenvalue weighted by Gasteiger charge is -2.13. The number of hydrogen-bond acceptors (Lipinski definition) is 4. The van der Waals surface area contributed by atoms with E-state index >= 15 is 0 Å². The molecule has 0 aliphatic heterocycles. The van der Waals surface area contributed by atoms with Crippen molar-refractivity contribution in [1.29, 1.82) is 0 Å². The summed E-state index contributed by atoms with van der Waals surface area (Å²) in [6.07, 6.45) is -4.61. The molecular formula is C23H19F3N4O3. The number of aromatic nitrogens is 2. The van der Waals surface area contributed by atoms with Crippen molar-refractivity contribution >= 4 is 39.3 Å². The van der Waals surface area contributed by atoms with Crippen LogP contribution in [0.1, 0.15) is 11.4 Å². The molecule has 0 aliphatic carbocycles. The third-order valence-corrected chi connectivity index (χ3v) is 5.24. The highest BCUT2D eigenvalue weighted by Gasteiger charge is 2.36. The van der Waals surface area contributed by atoms with Crippen LogP contribution in [0.5, 0.6) is 5.75 Å². The number of nitrogens with zero attached hydrogens (tertiary/aromatic N) is 2. The Labute approximate surface area is 186 Å². The van der Waals surface area contributed by atoms with Crippen molar-refractivity contribution in [2.75, 3.05) is 12.4 Å². The van der Waals surface area contributed by atoms with Gasteiger partial charge in [-0.15, -0.1) is 0 Å². The van der Waals surface area contributed by atoms with Crippen LogP contribution in [0.2, 0.25) is 0 Å². The highest BCUT2D eigenvalue weighted by Crippen LogP contribution is 2.31. The molecule has 0 atom stereocenters. The Morgan fingerprint density at radius 3 is 2.55 bits per heavy atom. The number of methoxy groups -OCH3 is 1. The van der Waals surface area contributed by atoms with Crippen LogP contribution >= 0.6 is 0 Å². The van der Waals surface area contributed by atoms with Crippen molar-refractivity contribution in [3.63, 3.8) is 0 Å². The third kappa shape index (κ3) is 4.32. The minimum absolute atomic E-state index is 0.0449. The number of halogens is 3. The van der Waals surface area contributed by atoms with E-state index < -0.39 is 23.8 Å². The van der Waals surface area contributed by atoms with E-state index in [9.17, 15) is 22.8 Å². The molecule has 10 heteroatoms. The van der Waals surface area contributed by atoms with Gasteiger partial charge in [-0.05, 0) is 35.0 Å². The second-order valence-corrected chi connectivity index (χ2v) is 7.30. The zero-order valence-corrected chi connectivity index (χ0v) is 17.7. The van der Waals surface area contributed by atoms with E-state index in [1.54, 1.807) is 6.07 Å². The van der Waals surface area contributed by atoms with Gasteiger partial charge in [0.05, 0.1) is 18.1 Å². The van der Waals surface area contributed by atoms with E-state index in [-0.39, 0.29) is 23.3 Å². The molecule has 0 fully saturated rings. The molecule has 0 radical (unpaired) electrons. The quantitative estimate of drug-likeness (QED) is 0.455. The number of alkyl halides is 3. The van der Waals surface area contributed by atoms with Crippen LogP contribution < -0.4 is 15.4 Å². The van der Waals surface area contributed by atoms with Crippen LogP contribution in [0.15, 0.2) is 54.6 Å². The number of amides is 2. The summed E-state index contributed by atoms with van der Waals surface area (Å²) in [4.78, 5) is 28.3. The third-order valence-electron chi connectivity index (χ3n) is 5.24. The fourth-order valence-electron chi connectivity index (χ4n) is 3.66. The number of hydrogen-bond donors (Lipinski definition) is 2. The van der Waals surface area contributed by atoms with E-state index in [0.717, 1.165) is 15.3 Å². The highest BCUT2D eigenvalue weighted by atomic mass is 19.4. The van der Waals surface area contributed by atoms with Gasteiger partial charge in [0.1, 0.15) is 5.75 Å². The van der Waals surface area contributed by atoms with E-state index in [2.05, 4.69) is 15.6 Å². The molecule has 0 aliphatic rings. The second-order valence-electron chi connectivity index (χ2n) is 7.30. The minimum atomic E-state index is -4.61. The summed E-state index contributed by atoms with van der Waals surface area (Å²) in [7, 11) is 2.77. The van der Waals surface area contributed by atoms with E-state index in [1.807, 2.05) is 30.3 Å². The van der Waals surface area contributed by atoms with Crippen LogP contribution in [0.4, 0.5) is 18.9 Å². The number of aryl methyl sites for hydroxylation is 1. The summed E-state index contributed by atoms with van der Waals surface area (Å²) in [5.74, 6) is -2.35. The smallest absolute Gasteiger partial charge is 0.449 e. The Morgan fingerprint density at radius 1 is 1.06 bits per heavy atom. The molecule has 4 rings (SSSR count). The summed E-state index contributed by atoms with van der Waals surface area (Å²) in [6.45, 7) is 0.0466. The Kier molecular flexibility index (Phi) is 5.67. The summed E-state index contributed by atoms with van der Waals surface area (Å²) in [6, 6.07) is 15.3. The predicted octanol–water partition coefficient (Wildman–Crippen LogP) is 4.01. The van der Waals surface area contributed by atoms with Gasteiger partial charge in [0.2, 0.25) is 5.82 Å². The van der Waals surface area contributed by atoms with Gasteiger partial charge in [0.25, 0.3) is 0 Å². The van der Waals surface area contributed by atoms with Gasteiger partial charge in [0.15, 0.2) is 0 Å². The number of rotatable bonds is 4. The lowest BCUT2D eigenvalue weighted by molar-refractivity contribution is -0.146. The molecule has 0 saturated carbocycles. The standard InChI is InChI=1S/C23H19F3N4O3/c1-30-18-9-8-14(11-17(18)29-22(30)23(24,25)26)28-21(32)20(31)27-12-16-15-6-4-3-5-13(15)7-10-19(16)33-2/h3-11H,12H2,1-2H3,(H,27,31)(H,28,32). The monoisotopic (exact) mass is 456 g/mol. The van der Waals surface area contributed by atoms with Gasteiger partial charge in [-0.2, -0.15) is 13.2 Å². The van der Waals surface area contributed by atoms with Gasteiger partial charge in [-0.25, -0.2) is 4.98 Å². The summed E-state index contributed by atoms with van der Waals surface area (Å²) >= 11 is 0. The zero-order valence-electron chi connectivity index (χ0n) is 17.7. The molecule has 2 amide bonds. The average Bonchev–Trinajstić information content (AvgIpc) is 3.13. The first-order valence-electron chi connectivity index (χ1n) is 9.86. The van der Waals surface area contributed by atoms with Gasteiger partial charge in [-0.3, -0.25) is 9.59 Å². The van der Waals surface area contributed by atoms with Gasteiger partial charge in [-0.1, -0.05) is 30.3 Å². The Hall–Kier alpha value is -4.08. The van der Waals surface area contributed by atoms with E-state index in [4.69, 9.17) is 4.74 Å².